The Morgan fingerprint density at radius 3 is 2.77 bits per heavy atom. The van der Waals surface area contributed by atoms with Crippen LogP contribution in [-0.2, 0) is 12.8 Å². The number of aromatic amines is 1. The number of halogens is 1. The molecule has 4 heterocycles. The van der Waals surface area contributed by atoms with Gasteiger partial charge in [-0.15, -0.1) is 0 Å². The van der Waals surface area contributed by atoms with Gasteiger partial charge in [-0.3, -0.25) is 10.1 Å². The number of aryl methyl sites for hydroxylation is 1. The summed E-state index contributed by atoms with van der Waals surface area (Å²) in [6, 6.07) is 3.63. The van der Waals surface area contributed by atoms with Crippen LogP contribution >= 0.6 is 0 Å². The fraction of sp³-hybridized carbons (Fsp3) is 0.391. The number of H-pyrrole nitrogens is 1. The second-order valence-electron chi connectivity index (χ2n) is 7.87. The number of aromatic nitrogens is 6. The Bertz CT molecular complexity index is 1180. The molecule has 31 heavy (non-hydrogen) atoms. The summed E-state index contributed by atoms with van der Waals surface area (Å²) < 4.78 is 15.6. The Labute approximate surface area is 181 Å². The van der Waals surface area contributed by atoms with E-state index in [1.165, 1.54) is 23.5 Å². The molecule has 162 valence electrons. The molecule has 1 aliphatic rings. The number of rotatable bonds is 4. The van der Waals surface area contributed by atoms with Crippen LogP contribution in [0.3, 0.4) is 0 Å². The van der Waals surface area contributed by atoms with Crippen molar-refractivity contribution in [3.8, 4) is 11.3 Å². The van der Waals surface area contributed by atoms with Crippen molar-refractivity contribution in [3.63, 3.8) is 0 Å². The molecule has 0 spiro atoms. The maximum atomic E-state index is 13.8. The van der Waals surface area contributed by atoms with Gasteiger partial charge in [-0.25, -0.2) is 9.37 Å². The average Bonchev–Trinajstić information content (AvgIpc) is 3.42. The number of nitrogens with zero attached hydrogens (tertiary/aromatic N) is 5. The van der Waals surface area contributed by atoms with Crippen LogP contribution in [0.15, 0.2) is 36.9 Å². The first-order valence-electron chi connectivity index (χ1n) is 10.9. The molecule has 0 saturated carbocycles. The number of nitrogens with one attached hydrogen (secondary N) is 2. The lowest BCUT2D eigenvalue weighted by atomic mass is 9.94. The molecule has 1 unspecified atom stereocenters. The standard InChI is InChI=1S/C21H22FN7.C2H6/c1-12(2)17-11-25-29-20(26-16-4-3-13-9-24-28-19(13)6-16)7-18(27-21(17)29)14-5-15(22)10-23-8-14;1-2/h5,7-12,16,26H,3-4,6H2,1-2H3,(H,24,28);1-2H3. The van der Waals surface area contributed by atoms with Crippen LogP contribution in [0, 0.1) is 5.82 Å². The van der Waals surface area contributed by atoms with Gasteiger partial charge in [-0.1, -0.05) is 27.7 Å². The van der Waals surface area contributed by atoms with Gasteiger partial charge in [-0.05, 0) is 30.4 Å². The zero-order valence-electron chi connectivity index (χ0n) is 18.4. The summed E-state index contributed by atoms with van der Waals surface area (Å²) in [6.45, 7) is 8.23. The van der Waals surface area contributed by atoms with Gasteiger partial charge < -0.3 is 5.32 Å². The zero-order chi connectivity index (χ0) is 22.0. The van der Waals surface area contributed by atoms with E-state index in [1.807, 2.05) is 36.8 Å². The first-order chi connectivity index (χ1) is 15.1. The van der Waals surface area contributed by atoms with Crippen molar-refractivity contribution >= 4 is 11.5 Å². The predicted octanol–water partition coefficient (Wildman–Crippen LogP) is 4.77. The second kappa shape index (κ2) is 8.83. The summed E-state index contributed by atoms with van der Waals surface area (Å²) in [5.41, 5.74) is 5.62. The molecular formula is C23H28FN7. The average molecular weight is 422 g/mol. The van der Waals surface area contributed by atoms with Crippen molar-refractivity contribution in [1.82, 2.24) is 29.8 Å². The van der Waals surface area contributed by atoms with Gasteiger partial charge in [0.2, 0.25) is 0 Å². The van der Waals surface area contributed by atoms with E-state index in [2.05, 4.69) is 39.4 Å². The van der Waals surface area contributed by atoms with Crippen molar-refractivity contribution in [3.05, 3.63) is 59.6 Å². The molecule has 1 aliphatic carbocycles. The fourth-order valence-corrected chi connectivity index (χ4v) is 3.93. The van der Waals surface area contributed by atoms with Gasteiger partial charge in [0, 0.05) is 41.5 Å². The molecule has 5 rings (SSSR count). The van der Waals surface area contributed by atoms with Crippen LogP contribution in [0.5, 0.6) is 0 Å². The highest BCUT2D eigenvalue weighted by atomic mass is 19.1. The molecule has 0 bridgehead atoms. The maximum absolute atomic E-state index is 13.8. The van der Waals surface area contributed by atoms with Gasteiger partial charge in [0.25, 0.3) is 0 Å². The van der Waals surface area contributed by atoms with Crippen molar-refractivity contribution < 1.29 is 4.39 Å². The molecule has 4 aromatic heterocycles. The molecule has 0 amide bonds. The molecule has 0 saturated heterocycles. The molecule has 1 atom stereocenters. The van der Waals surface area contributed by atoms with E-state index in [9.17, 15) is 4.39 Å². The van der Waals surface area contributed by atoms with Crippen molar-refractivity contribution in [2.24, 2.45) is 0 Å². The topological polar surface area (TPSA) is 83.8 Å². The first-order valence-corrected chi connectivity index (χ1v) is 10.9. The Kier molecular flexibility index (Phi) is 5.97. The SMILES string of the molecule is CC.CC(C)c1cnn2c(NC3CCc4cn[nH]c4C3)cc(-c3cncc(F)c3)nc12. The number of pyridine rings is 1. The van der Waals surface area contributed by atoms with Crippen molar-refractivity contribution in [2.45, 2.75) is 58.9 Å². The molecular weight excluding hydrogens is 393 g/mol. The highest BCUT2D eigenvalue weighted by molar-refractivity contribution is 5.67. The molecule has 0 radical (unpaired) electrons. The summed E-state index contributed by atoms with van der Waals surface area (Å²) in [5, 5.41) is 15.5. The minimum atomic E-state index is -0.379. The monoisotopic (exact) mass is 421 g/mol. The summed E-state index contributed by atoms with van der Waals surface area (Å²) in [4.78, 5) is 8.77. The van der Waals surface area contributed by atoms with E-state index in [4.69, 9.17) is 4.98 Å². The van der Waals surface area contributed by atoms with Crippen LogP contribution in [0.25, 0.3) is 16.9 Å². The van der Waals surface area contributed by atoms with E-state index in [1.54, 1.807) is 6.20 Å². The molecule has 2 N–H and O–H groups in total. The minimum Gasteiger partial charge on any atom is -0.367 e. The molecule has 7 nitrogen and oxygen atoms in total. The van der Waals surface area contributed by atoms with Gasteiger partial charge in [-0.2, -0.15) is 14.7 Å². The normalized spacial score (nSPS) is 15.5. The third-order valence-electron chi connectivity index (χ3n) is 5.49. The quantitative estimate of drug-likeness (QED) is 0.496. The minimum absolute atomic E-state index is 0.249. The third kappa shape index (κ3) is 4.15. The van der Waals surface area contributed by atoms with Crippen LogP contribution in [0.2, 0.25) is 0 Å². The highest BCUT2D eigenvalue weighted by Crippen LogP contribution is 2.28. The lowest BCUT2D eigenvalue weighted by molar-refractivity contribution is 0.598. The summed E-state index contributed by atoms with van der Waals surface area (Å²) in [5.74, 6) is 0.737. The number of hydrogen-bond acceptors (Lipinski definition) is 5. The van der Waals surface area contributed by atoms with Gasteiger partial charge >= 0.3 is 0 Å². The predicted molar refractivity (Wildman–Crippen MR) is 120 cm³/mol. The van der Waals surface area contributed by atoms with E-state index >= 15 is 0 Å². The largest absolute Gasteiger partial charge is 0.367 e. The van der Waals surface area contributed by atoms with Crippen LogP contribution in [0.4, 0.5) is 10.2 Å². The Hall–Kier alpha value is -3.29. The second-order valence-corrected chi connectivity index (χ2v) is 7.87. The first kappa shape index (κ1) is 21.0. The van der Waals surface area contributed by atoms with Crippen LogP contribution in [-0.4, -0.2) is 35.8 Å². The molecule has 8 heteroatoms. The zero-order valence-corrected chi connectivity index (χ0v) is 18.4. The Balaban J connectivity index is 0.00000112. The molecule has 0 fully saturated rings. The summed E-state index contributed by atoms with van der Waals surface area (Å²) >= 11 is 0. The molecule has 0 aromatic carbocycles. The fourth-order valence-electron chi connectivity index (χ4n) is 3.93. The van der Waals surface area contributed by atoms with Crippen molar-refractivity contribution in [1.29, 1.82) is 0 Å². The summed E-state index contributed by atoms with van der Waals surface area (Å²) in [7, 11) is 0. The Morgan fingerprint density at radius 1 is 1.16 bits per heavy atom. The van der Waals surface area contributed by atoms with Gasteiger partial charge in [0.05, 0.1) is 24.3 Å². The number of anilines is 1. The van der Waals surface area contributed by atoms with Crippen LogP contribution < -0.4 is 5.32 Å². The molecule has 0 aliphatic heterocycles. The van der Waals surface area contributed by atoms with Gasteiger partial charge in [0.1, 0.15) is 11.6 Å². The van der Waals surface area contributed by atoms with E-state index < -0.39 is 0 Å². The smallest absolute Gasteiger partial charge is 0.161 e. The van der Waals surface area contributed by atoms with Crippen molar-refractivity contribution in [2.75, 3.05) is 5.32 Å². The van der Waals surface area contributed by atoms with Crippen LogP contribution in [0.1, 0.15) is 56.9 Å². The van der Waals surface area contributed by atoms with E-state index in [0.29, 0.717) is 11.3 Å². The lowest BCUT2D eigenvalue weighted by Crippen LogP contribution is -2.28. The summed E-state index contributed by atoms with van der Waals surface area (Å²) in [6.07, 6.45) is 9.46. The number of hydrogen-bond donors (Lipinski definition) is 2. The maximum Gasteiger partial charge on any atom is 0.161 e. The van der Waals surface area contributed by atoms with E-state index in [-0.39, 0.29) is 17.8 Å². The Morgan fingerprint density at radius 2 is 2.00 bits per heavy atom. The number of fused-ring (bicyclic) bond motifs is 2. The highest BCUT2D eigenvalue weighted by Gasteiger charge is 2.22. The third-order valence-corrected chi connectivity index (χ3v) is 5.49. The lowest BCUT2D eigenvalue weighted by Gasteiger charge is -2.24. The van der Waals surface area contributed by atoms with E-state index in [0.717, 1.165) is 36.3 Å². The van der Waals surface area contributed by atoms with Gasteiger partial charge in [0.15, 0.2) is 5.65 Å². The molecule has 4 aromatic rings.